The number of aromatic nitrogens is 2. The van der Waals surface area contributed by atoms with Crippen LogP contribution in [-0.2, 0) is 25.0 Å². The summed E-state index contributed by atoms with van der Waals surface area (Å²) in [5, 5.41) is 29.5. The molecule has 126 valence electrons. The van der Waals surface area contributed by atoms with E-state index < -0.39 is 10.2 Å². The Bertz CT molecular complexity index is 579. The molecule has 2 rings (SSSR count). The van der Waals surface area contributed by atoms with Crippen LogP contribution in [0.5, 0.6) is 0 Å². The first kappa shape index (κ1) is 26.2. The normalized spacial score (nSPS) is 7.92. The van der Waals surface area contributed by atoms with Crippen LogP contribution in [0.25, 0.3) is 11.4 Å². The van der Waals surface area contributed by atoms with E-state index in [1.54, 1.807) is 0 Å². The van der Waals surface area contributed by atoms with E-state index in [2.05, 4.69) is 23.8 Å². The molecule has 0 saturated heterocycles. The average molecular weight is 393 g/mol. The van der Waals surface area contributed by atoms with Crippen molar-refractivity contribution in [2.75, 3.05) is 0 Å². The standard InChI is InChI=1S/C12H12N2.2NO3.H2O.Zn/c1-9-3-5-13-11(7-9)12-8-10(2)4-6-14-12;2*2-1(3)4;;/h3-8H,1-2H3;;;1H2;/q;2*-1;;+2/p+1. The van der Waals surface area contributed by atoms with Gasteiger partial charge in [0.25, 0.3) is 0 Å². The number of rotatable bonds is 1. The maximum absolute atomic E-state index is 8.25. The largest absolute Gasteiger partial charge is 2.00 e. The fraction of sp³-hybridized carbons (Fsp3) is 0.167. The number of hydrogen-bond acceptors (Lipinski definition) is 8. The van der Waals surface area contributed by atoms with Crippen molar-refractivity contribution < 1.29 is 35.1 Å². The zero-order chi connectivity index (χ0) is 17.1. The molecule has 0 fully saturated rings. The van der Waals surface area contributed by atoms with E-state index in [9.17, 15) is 0 Å². The zero-order valence-electron chi connectivity index (χ0n) is 13.0. The van der Waals surface area contributed by atoms with Crippen LogP contribution in [0.1, 0.15) is 11.1 Å². The number of aryl methyl sites for hydroxylation is 2. The van der Waals surface area contributed by atoms with Crippen molar-refractivity contribution in [1.29, 1.82) is 0 Å². The van der Waals surface area contributed by atoms with Gasteiger partial charge in [-0.3, -0.25) is 9.97 Å². The molecule has 0 saturated carbocycles. The molecule has 0 aromatic carbocycles. The summed E-state index contributed by atoms with van der Waals surface area (Å²) in [6.45, 7) is 4.11. The van der Waals surface area contributed by atoms with Gasteiger partial charge in [0, 0.05) is 12.4 Å². The van der Waals surface area contributed by atoms with Gasteiger partial charge in [-0.15, -0.1) is 0 Å². The van der Waals surface area contributed by atoms with Crippen molar-refractivity contribution in [1.82, 2.24) is 9.97 Å². The van der Waals surface area contributed by atoms with Gasteiger partial charge >= 0.3 is 19.5 Å². The van der Waals surface area contributed by atoms with Crippen LogP contribution in [0.3, 0.4) is 0 Å². The topological polar surface area (TPSA) is 191 Å². The Kier molecular flexibility index (Phi) is 15.2. The van der Waals surface area contributed by atoms with Crippen molar-refractivity contribution in [3.8, 4) is 11.4 Å². The molecule has 0 radical (unpaired) electrons. The van der Waals surface area contributed by atoms with E-state index in [4.69, 9.17) is 30.6 Å². The molecule has 0 bridgehead atoms. The molecule has 12 heteroatoms. The van der Waals surface area contributed by atoms with E-state index in [0.717, 1.165) is 11.4 Å². The number of hydrogen-bond donors (Lipinski definition) is 0. The third-order valence-corrected chi connectivity index (χ3v) is 2.09. The van der Waals surface area contributed by atoms with Crippen LogP contribution < -0.4 is 0 Å². The fourth-order valence-electron chi connectivity index (χ4n) is 1.35. The van der Waals surface area contributed by atoms with Crippen LogP contribution in [0.2, 0.25) is 0 Å². The first-order chi connectivity index (χ1) is 10.2. The Labute approximate surface area is 149 Å². The second kappa shape index (κ2) is 13.9. The molecule has 0 atom stereocenters. The summed E-state index contributed by atoms with van der Waals surface area (Å²) >= 11 is 0. The maximum atomic E-state index is 8.25. The molecule has 2 aromatic rings. The summed E-state index contributed by atoms with van der Waals surface area (Å²) in [4.78, 5) is 25.1. The van der Waals surface area contributed by atoms with Crippen LogP contribution in [0.15, 0.2) is 36.7 Å². The summed E-state index contributed by atoms with van der Waals surface area (Å²) in [7, 11) is 0. The fourth-order valence-corrected chi connectivity index (χ4v) is 1.35. The third kappa shape index (κ3) is 14.2. The van der Waals surface area contributed by atoms with Crippen LogP contribution in [-0.4, -0.2) is 20.1 Å². The van der Waals surface area contributed by atoms with Gasteiger partial charge in [-0.2, -0.15) is 0 Å². The van der Waals surface area contributed by atoms with E-state index >= 15 is 0 Å². The van der Waals surface area contributed by atoms with Crippen molar-refractivity contribution in [2.24, 2.45) is 0 Å². The molecule has 2 aromatic heterocycles. The summed E-state index contributed by atoms with van der Waals surface area (Å²) in [6.07, 6.45) is 3.63. The van der Waals surface area contributed by atoms with Gasteiger partial charge in [0.1, 0.15) is 0 Å². The Morgan fingerprint density at radius 3 is 1.25 bits per heavy atom. The van der Waals surface area contributed by atoms with E-state index in [0.29, 0.717) is 0 Å². The van der Waals surface area contributed by atoms with Crippen molar-refractivity contribution in [3.63, 3.8) is 0 Å². The third-order valence-electron chi connectivity index (χ3n) is 2.09. The van der Waals surface area contributed by atoms with Gasteiger partial charge in [0.15, 0.2) is 0 Å². The van der Waals surface area contributed by atoms with Crippen LogP contribution in [0.4, 0.5) is 0 Å². The van der Waals surface area contributed by atoms with Crippen LogP contribution in [0, 0.1) is 44.5 Å². The second-order valence-corrected chi connectivity index (χ2v) is 3.88. The van der Waals surface area contributed by atoms with Crippen LogP contribution >= 0.6 is 0 Å². The Hall–Kier alpha value is -2.72. The molecule has 0 unspecified atom stereocenters. The van der Waals surface area contributed by atoms with Crippen molar-refractivity contribution in [2.45, 2.75) is 13.8 Å². The maximum Gasteiger partial charge on any atom is 2.00 e. The Morgan fingerprint density at radius 2 is 1.04 bits per heavy atom. The van der Waals surface area contributed by atoms with Gasteiger partial charge in [-0.1, -0.05) is 0 Å². The van der Waals surface area contributed by atoms with E-state index in [-0.39, 0.29) is 25.0 Å². The molecule has 2 heterocycles. The minimum atomic E-state index is -1.75. The summed E-state index contributed by atoms with van der Waals surface area (Å²) < 4.78 is 0. The van der Waals surface area contributed by atoms with Crippen molar-refractivity contribution >= 4 is 0 Å². The molecular formula is C12H15N4O7Zn+. The van der Waals surface area contributed by atoms with Gasteiger partial charge in [0.05, 0.1) is 21.6 Å². The Balaban J connectivity index is -0.000000378. The average Bonchev–Trinajstić information content (AvgIpc) is 2.37. The summed E-state index contributed by atoms with van der Waals surface area (Å²) in [5.74, 6) is 0. The zero-order valence-corrected chi connectivity index (χ0v) is 16.0. The predicted molar refractivity (Wildman–Crippen MR) is 82.5 cm³/mol. The van der Waals surface area contributed by atoms with E-state index in [1.807, 2.05) is 36.7 Å². The molecule has 24 heavy (non-hydrogen) atoms. The summed E-state index contributed by atoms with van der Waals surface area (Å²) in [5.41, 5.74) is 4.29. The molecule has 0 aliphatic heterocycles. The SMILES string of the molecule is Cc1ccnc(-c2cc(C)ccn2)c1.O=[N+]([O-])[O-].O=[N+]([O-])[O-].[OH3+].[Zn+2]. The minimum Gasteiger partial charge on any atom is -0.457 e. The molecule has 0 amide bonds. The Morgan fingerprint density at radius 1 is 0.792 bits per heavy atom. The predicted octanol–water partition coefficient (Wildman–Crippen LogP) is 1.36. The minimum absolute atomic E-state index is 0. The molecule has 0 aliphatic rings. The number of nitrogens with zero attached hydrogens (tertiary/aromatic N) is 4. The van der Waals surface area contributed by atoms with Gasteiger partial charge in [0.2, 0.25) is 0 Å². The molecule has 0 spiro atoms. The molecule has 11 nitrogen and oxygen atoms in total. The smallest absolute Gasteiger partial charge is 0.457 e. The number of pyridine rings is 2. The molecular weight excluding hydrogens is 378 g/mol. The molecule has 0 aliphatic carbocycles. The first-order valence-corrected chi connectivity index (χ1v) is 5.71. The molecule has 3 N–H and O–H groups in total. The first-order valence-electron chi connectivity index (χ1n) is 5.71. The monoisotopic (exact) mass is 391 g/mol. The van der Waals surface area contributed by atoms with Crippen molar-refractivity contribution in [3.05, 3.63) is 78.4 Å². The van der Waals surface area contributed by atoms with Gasteiger partial charge in [-0.05, 0) is 49.2 Å². The summed E-state index contributed by atoms with van der Waals surface area (Å²) in [6, 6.07) is 8.06. The van der Waals surface area contributed by atoms with E-state index in [1.165, 1.54) is 11.1 Å². The second-order valence-electron chi connectivity index (χ2n) is 3.88. The van der Waals surface area contributed by atoms with Gasteiger partial charge in [-0.25, -0.2) is 0 Å². The quantitative estimate of drug-likeness (QED) is 0.300. The van der Waals surface area contributed by atoms with Gasteiger partial charge < -0.3 is 36.1 Å².